The lowest BCUT2D eigenvalue weighted by atomic mass is 9.39. The molecule has 1 amide bonds. The number of hydrogen-bond donors (Lipinski definition) is 3. The molecule has 6 fully saturated rings. The van der Waals surface area contributed by atoms with E-state index in [1.54, 1.807) is 0 Å². The summed E-state index contributed by atoms with van der Waals surface area (Å²) in [5.41, 5.74) is 2.01. The molecule has 0 radical (unpaired) electrons. The molecule has 0 aromatic heterocycles. The molecule has 0 bridgehead atoms. The quantitative estimate of drug-likeness (QED) is 0.236. The van der Waals surface area contributed by atoms with E-state index in [2.05, 4.69) is 45.3 Å². The smallest absolute Gasteiger partial charge is 0.306 e. The summed E-state index contributed by atoms with van der Waals surface area (Å²) in [6, 6.07) is 0. The summed E-state index contributed by atoms with van der Waals surface area (Å²) in [6.07, 6.45) is 11.0. The minimum absolute atomic E-state index is 0.0555. The van der Waals surface area contributed by atoms with Gasteiger partial charge in [0.15, 0.2) is 5.78 Å². The Balaban J connectivity index is 1.08. The maximum atomic E-state index is 13.9. The molecule has 8 nitrogen and oxygen atoms in total. The highest BCUT2D eigenvalue weighted by atomic mass is 16.5. The summed E-state index contributed by atoms with van der Waals surface area (Å²) in [7, 11) is 1.91. The monoisotopic (exact) mass is 692 g/mol. The maximum absolute atomic E-state index is 13.9. The molecule has 8 heteroatoms. The number of ketones is 2. The zero-order valence-corrected chi connectivity index (χ0v) is 31.9. The van der Waals surface area contributed by atoms with Crippen LogP contribution < -0.4 is 10.6 Å². The number of aliphatic carboxylic acids is 1. The minimum Gasteiger partial charge on any atom is -0.481 e. The third-order valence-corrected chi connectivity index (χ3v) is 16.5. The second-order valence-electron chi connectivity index (χ2n) is 19.6. The van der Waals surface area contributed by atoms with Crippen molar-refractivity contribution in [2.45, 2.75) is 124 Å². The second-order valence-corrected chi connectivity index (χ2v) is 19.6. The lowest BCUT2D eigenvalue weighted by molar-refractivity contribution is -0.163. The standard InChI is InChI=1S/C42H64N2O6/c1-23(2)36-33(46)18-41(19-35(47)44-42(20-43-7)21-50-22-42)15-13-26-27-9-11-34-39(4,5)25(16-32(45)29-17-30(24(29)3)38(48)49)12-14-40(34,6)31(27)10-8-28(26)37(36)41/h23-31,34,43H,8-22H2,1-7H3,(H,44,47)(H,48,49). The number of allylic oxidation sites excluding steroid dienone is 2. The molecule has 50 heavy (non-hydrogen) atoms. The van der Waals surface area contributed by atoms with Crippen molar-refractivity contribution in [1.82, 2.24) is 10.6 Å². The van der Waals surface area contributed by atoms with E-state index in [1.807, 2.05) is 14.0 Å². The lowest BCUT2D eigenvalue weighted by Crippen LogP contribution is -2.67. The molecule has 11 unspecified atom stereocenters. The van der Waals surface area contributed by atoms with Crippen LogP contribution in [0.3, 0.4) is 0 Å². The number of ether oxygens (including phenoxy) is 1. The zero-order chi connectivity index (χ0) is 36.0. The maximum Gasteiger partial charge on any atom is 0.306 e. The molecule has 11 atom stereocenters. The molecule has 5 saturated carbocycles. The van der Waals surface area contributed by atoms with Gasteiger partial charge in [-0.1, -0.05) is 47.1 Å². The number of carboxylic acid groups (broad SMARTS) is 1. The Labute approximate surface area is 300 Å². The summed E-state index contributed by atoms with van der Waals surface area (Å²) < 4.78 is 5.51. The first-order chi connectivity index (χ1) is 23.6. The van der Waals surface area contributed by atoms with Crippen LogP contribution in [0.5, 0.6) is 0 Å². The van der Waals surface area contributed by atoms with Gasteiger partial charge < -0.3 is 20.5 Å². The van der Waals surface area contributed by atoms with Gasteiger partial charge in [0.05, 0.1) is 24.7 Å². The number of nitrogens with one attached hydrogen (secondary N) is 2. The Morgan fingerprint density at radius 2 is 1.70 bits per heavy atom. The number of amides is 1. The van der Waals surface area contributed by atoms with Gasteiger partial charge in [0.2, 0.25) is 5.91 Å². The number of rotatable bonds is 10. The largest absolute Gasteiger partial charge is 0.481 e. The molecule has 278 valence electrons. The van der Waals surface area contributed by atoms with Crippen molar-refractivity contribution in [3.05, 3.63) is 11.1 Å². The van der Waals surface area contributed by atoms with Crippen LogP contribution in [0.4, 0.5) is 0 Å². The van der Waals surface area contributed by atoms with Gasteiger partial charge in [-0.05, 0) is 129 Å². The van der Waals surface area contributed by atoms with E-state index in [0.29, 0.717) is 86.7 Å². The van der Waals surface area contributed by atoms with Crippen molar-refractivity contribution in [3.8, 4) is 0 Å². The Bertz CT molecular complexity index is 1440. The van der Waals surface area contributed by atoms with Crippen LogP contribution in [0, 0.1) is 75.4 Å². The molecule has 0 aromatic rings. The number of fused-ring (bicyclic) bond motifs is 7. The van der Waals surface area contributed by atoms with E-state index in [4.69, 9.17) is 4.74 Å². The third kappa shape index (κ3) is 5.58. The highest BCUT2D eigenvalue weighted by molar-refractivity contribution is 6.01. The average molecular weight is 693 g/mol. The Hall–Kier alpha value is -2.06. The van der Waals surface area contributed by atoms with Gasteiger partial charge in [0.1, 0.15) is 5.78 Å². The molecule has 0 spiro atoms. The second kappa shape index (κ2) is 12.8. The fraction of sp³-hybridized carbons (Fsp3) is 0.857. The van der Waals surface area contributed by atoms with Crippen LogP contribution in [0.1, 0.15) is 119 Å². The Kier molecular flexibility index (Phi) is 9.30. The predicted octanol–water partition coefficient (Wildman–Crippen LogP) is 6.61. The van der Waals surface area contributed by atoms with E-state index >= 15 is 0 Å². The van der Waals surface area contributed by atoms with Gasteiger partial charge >= 0.3 is 5.97 Å². The number of Topliss-reactive ketones (excluding diaryl/α,β-unsaturated/α-hetero) is 2. The number of hydrogen-bond acceptors (Lipinski definition) is 6. The van der Waals surface area contributed by atoms with Crippen LogP contribution in [-0.2, 0) is 23.9 Å². The first-order valence-electron chi connectivity index (χ1n) is 20.1. The SMILES string of the molecule is CNCC1(NC(=O)CC23CCC4C(CCC5C4CCC4C(C)(C)C(CC(=O)C6CC(C(=O)O)C6C)CCC54C)C2=C(C(C)C)C(=O)C3)COC1. The number of carboxylic acids is 1. The number of carbonyl (C=O) groups is 4. The summed E-state index contributed by atoms with van der Waals surface area (Å²) in [5, 5.41) is 16.0. The summed E-state index contributed by atoms with van der Waals surface area (Å²) in [5.74, 6) is 2.69. The fourth-order valence-electron chi connectivity index (χ4n) is 14.0. The predicted molar refractivity (Wildman–Crippen MR) is 192 cm³/mol. The molecule has 6 aliphatic carbocycles. The molecule has 1 saturated heterocycles. The first kappa shape index (κ1) is 36.3. The molecule has 1 heterocycles. The Morgan fingerprint density at radius 3 is 2.32 bits per heavy atom. The zero-order valence-electron chi connectivity index (χ0n) is 31.9. The third-order valence-electron chi connectivity index (χ3n) is 16.5. The minimum atomic E-state index is -0.759. The van der Waals surface area contributed by atoms with Gasteiger partial charge in [-0.15, -0.1) is 0 Å². The van der Waals surface area contributed by atoms with Crippen molar-refractivity contribution < 1.29 is 29.0 Å². The first-order valence-corrected chi connectivity index (χ1v) is 20.1. The van der Waals surface area contributed by atoms with E-state index in [1.165, 1.54) is 24.8 Å². The van der Waals surface area contributed by atoms with E-state index in [-0.39, 0.29) is 57.1 Å². The van der Waals surface area contributed by atoms with E-state index < -0.39 is 5.97 Å². The van der Waals surface area contributed by atoms with Crippen LogP contribution in [-0.4, -0.2) is 60.9 Å². The van der Waals surface area contributed by atoms with Gasteiger partial charge in [0, 0.05) is 37.1 Å². The molecule has 7 rings (SSSR count). The van der Waals surface area contributed by atoms with Crippen molar-refractivity contribution in [1.29, 1.82) is 0 Å². The highest BCUT2D eigenvalue weighted by Crippen LogP contribution is 2.70. The van der Waals surface area contributed by atoms with Gasteiger partial charge in [0.25, 0.3) is 0 Å². The topological polar surface area (TPSA) is 122 Å². The summed E-state index contributed by atoms with van der Waals surface area (Å²) >= 11 is 0. The molecular weight excluding hydrogens is 628 g/mol. The van der Waals surface area contributed by atoms with Gasteiger partial charge in [-0.25, -0.2) is 0 Å². The molecule has 3 N–H and O–H groups in total. The highest BCUT2D eigenvalue weighted by Gasteiger charge is 2.63. The molecule has 7 aliphatic rings. The van der Waals surface area contributed by atoms with Crippen molar-refractivity contribution >= 4 is 23.4 Å². The van der Waals surface area contributed by atoms with Crippen LogP contribution in [0.15, 0.2) is 11.1 Å². The number of likely N-dealkylation sites (N-methyl/N-ethyl adjacent to an activating group) is 1. The average Bonchev–Trinajstić information content (AvgIpc) is 3.32. The van der Waals surface area contributed by atoms with Crippen LogP contribution in [0.25, 0.3) is 0 Å². The Morgan fingerprint density at radius 1 is 0.960 bits per heavy atom. The summed E-state index contributed by atoms with van der Waals surface area (Å²) in [4.78, 5) is 52.7. The lowest BCUT2D eigenvalue weighted by Gasteiger charge is -2.65. The molecule has 1 aliphatic heterocycles. The van der Waals surface area contributed by atoms with Crippen molar-refractivity contribution in [3.63, 3.8) is 0 Å². The van der Waals surface area contributed by atoms with Crippen molar-refractivity contribution in [2.24, 2.45) is 75.4 Å². The summed E-state index contributed by atoms with van der Waals surface area (Å²) in [6.45, 7) is 15.5. The van der Waals surface area contributed by atoms with Crippen molar-refractivity contribution in [2.75, 3.05) is 26.8 Å². The van der Waals surface area contributed by atoms with Gasteiger partial charge in [-0.2, -0.15) is 0 Å². The van der Waals surface area contributed by atoms with E-state index in [0.717, 1.165) is 37.7 Å². The molecule has 0 aromatic carbocycles. The van der Waals surface area contributed by atoms with Crippen LogP contribution in [0.2, 0.25) is 0 Å². The van der Waals surface area contributed by atoms with Crippen LogP contribution >= 0.6 is 0 Å². The molecular formula is C42H64N2O6. The number of carbonyl (C=O) groups excluding carboxylic acids is 3. The fourth-order valence-corrected chi connectivity index (χ4v) is 14.0. The normalized spacial score (nSPS) is 42.7. The van der Waals surface area contributed by atoms with Gasteiger partial charge in [-0.3, -0.25) is 19.2 Å². The van der Waals surface area contributed by atoms with E-state index in [9.17, 15) is 24.3 Å².